The van der Waals surface area contributed by atoms with E-state index in [0.29, 0.717) is 31.8 Å². The second-order valence-corrected chi connectivity index (χ2v) is 6.13. The lowest BCUT2D eigenvalue weighted by atomic mass is 10.1. The molecule has 0 fully saturated rings. The van der Waals surface area contributed by atoms with Crippen LogP contribution in [0.2, 0.25) is 5.02 Å². The summed E-state index contributed by atoms with van der Waals surface area (Å²) in [6, 6.07) is 8.86. The van der Waals surface area contributed by atoms with Crippen molar-refractivity contribution in [2.75, 3.05) is 5.32 Å². The summed E-state index contributed by atoms with van der Waals surface area (Å²) < 4.78 is 0.630. The van der Waals surface area contributed by atoms with E-state index in [2.05, 4.69) is 31.2 Å². The average Bonchev–Trinajstić information content (AvgIpc) is 2.51. The largest absolute Gasteiger partial charge is 0.340 e. The summed E-state index contributed by atoms with van der Waals surface area (Å²) in [6.45, 7) is 1.68. The second-order valence-electron chi connectivity index (χ2n) is 4.84. The molecule has 0 aliphatic heterocycles. The molecule has 0 saturated heterocycles. The van der Waals surface area contributed by atoms with Gasteiger partial charge in [0.15, 0.2) is 5.52 Å². The van der Waals surface area contributed by atoms with Crippen molar-refractivity contribution in [3.63, 3.8) is 0 Å². The molecule has 116 valence electrons. The standard InChI is InChI=1S/C15H10BrClN4O2/c1-8-12(16)6-11-13(14(8)21(22)23)18-7-19-15(11)20-10-4-2-9(17)3-5-10/h2-7H,1H3,(H,18,19,20). The molecule has 0 bridgehead atoms. The lowest BCUT2D eigenvalue weighted by molar-refractivity contribution is -0.383. The number of benzene rings is 2. The molecule has 0 amide bonds. The molecule has 0 unspecified atom stereocenters. The molecule has 2 aromatic carbocycles. The molecule has 3 aromatic rings. The van der Waals surface area contributed by atoms with Gasteiger partial charge in [0.25, 0.3) is 5.69 Å². The van der Waals surface area contributed by atoms with Gasteiger partial charge < -0.3 is 5.32 Å². The van der Waals surface area contributed by atoms with E-state index in [1.54, 1.807) is 37.3 Å². The minimum Gasteiger partial charge on any atom is -0.340 e. The molecule has 8 heteroatoms. The number of aromatic nitrogens is 2. The van der Waals surface area contributed by atoms with Crippen LogP contribution < -0.4 is 5.32 Å². The Balaban J connectivity index is 2.19. The van der Waals surface area contributed by atoms with Gasteiger partial charge in [0.1, 0.15) is 12.1 Å². The van der Waals surface area contributed by atoms with E-state index in [-0.39, 0.29) is 5.69 Å². The molecule has 0 atom stereocenters. The number of nitrogens with one attached hydrogen (secondary N) is 1. The fraction of sp³-hybridized carbons (Fsp3) is 0.0667. The first-order valence-corrected chi connectivity index (χ1v) is 7.75. The highest BCUT2D eigenvalue weighted by Crippen LogP contribution is 2.36. The smallest absolute Gasteiger partial charge is 0.299 e. The Kier molecular flexibility index (Phi) is 4.14. The van der Waals surface area contributed by atoms with Crippen molar-refractivity contribution in [3.05, 3.63) is 61.8 Å². The van der Waals surface area contributed by atoms with Gasteiger partial charge in [0.05, 0.1) is 10.3 Å². The molecule has 0 aliphatic carbocycles. The van der Waals surface area contributed by atoms with E-state index >= 15 is 0 Å². The Hall–Kier alpha value is -2.25. The van der Waals surface area contributed by atoms with Crippen molar-refractivity contribution in [2.45, 2.75) is 6.92 Å². The van der Waals surface area contributed by atoms with Gasteiger partial charge in [-0.15, -0.1) is 0 Å². The quantitative estimate of drug-likeness (QED) is 0.500. The number of rotatable bonds is 3. The first-order valence-electron chi connectivity index (χ1n) is 6.58. The van der Waals surface area contributed by atoms with Crippen molar-refractivity contribution in [1.29, 1.82) is 0 Å². The average molecular weight is 394 g/mol. The number of hydrogen-bond acceptors (Lipinski definition) is 5. The van der Waals surface area contributed by atoms with Crippen LogP contribution >= 0.6 is 27.5 Å². The predicted octanol–water partition coefficient (Wildman–Crippen LogP) is 5.01. The van der Waals surface area contributed by atoms with Crippen molar-refractivity contribution in [1.82, 2.24) is 9.97 Å². The maximum absolute atomic E-state index is 11.4. The van der Waals surface area contributed by atoms with Crippen molar-refractivity contribution in [3.8, 4) is 0 Å². The summed E-state index contributed by atoms with van der Waals surface area (Å²) in [6.07, 6.45) is 1.31. The first-order chi connectivity index (χ1) is 11.0. The van der Waals surface area contributed by atoms with Crippen molar-refractivity contribution < 1.29 is 4.92 Å². The van der Waals surface area contributed by atoms with E-state index in [1.807, 2.05) is 0 Å². The number of anilines is 2. The third kappa shape index (κ3) is 2.97. The highest BCUT2D eigenvalue weighted by atomic mass is 79.9. The van der Waals surface area contributed by atoms with Crippen LogP contribution in [0.15, 0.2) is 41.1 Å². The Morgan fingerprint density at radius 3 is 2.61 bits per heavy atom. The van der Waals surface area contributed by atoms with Gasteiger partial charge >= 0.3 is 0 Å². The minimum atomic E-state index is -0.429. The van der Waals surface area contributed by atoms with Crippen molar-refractivity contribution >= 4 is 55.6 Å². The Morgan fingerprint density at radius 1 is 1.26 bits per heavy atom. The monoisotopic (exact) mass is 392 g/mol. The highest BCUT2D eigenvalue weighted by molar-refractivity contribution is 9.10. The Bertz CT molecular complexity index is 915. The lowest BCUT2D eigenvalue weighted by Crippen LogP contribution is -2.00. The van der Waals surface area contributed by atoms with E-state index in [4.69, 9.17) is 11.6 Å². The van der Waals surface area contributed by atoms with Crippen LogP contribution in [-0.2, 0) is 0 Å². The maximum atomic E-state index is 11.4. The predicted molar refractivity (Wildman–Crippen MR) is 93.4 cm³/mol. The molecule has 6 nitrogen and oxygen atoms in total. The van der Waals surface area contributed by atoms with Crippen LogP contribution in [0.1, 0.15) is 5.56 Å². The summed E-state index contributed by atoms with van der Waals surface area (Å²) in [5.74, 6) is 0.487. The zero-order chi connectivity index (χ0) is 16.6. The summed E-state index contributed by atoms with van der Waals surface area (Å²) >= 11 is 9.23. The van der Waals surface area contributed by atoms with Gasteiger partial charge in [-0.1, -0.05) is 27.5 Å². The Morgan fingerprint density at radius 2 is 1.96 bits per heavy atom. The van der Waals surface area contributed by atoms with Crippen LogP contribution in [-0.4, -0.2) is 14.9 Å². The summed E-state index contributed by atoms with van der Waals surface area (Å²) in [7, 11) is 0. The SMILES string of the molecule is Cc1c(Br)cc2c(Nc3ccc(Cl)cc3)ncnc2c1[N+](=O)[O-]. The highest BCUT2D eigenvalue weighted by Gasteiger charge is 2.22. The number of fused-ring (bicyclic) bond motifs is 1. The molecule has 1 heterocycles. The molecule has 3 rings (SSSR count). The third-order valence-electron chi connectivity index (χ3n) is 3.38. The zero-order valence-corrected chi connectivity index (χ0v) is 14.2. The van der Waals surface area contributed by atoms with Gasteiger partial charge in [-0.3, -0.25) is 10.1 Å². The summed E-state index contributed by atoms with van der Waals surface area (Å²) in [5, 5.41) is 15.7. The van der Waals surface area contributed by atoms with Crippen LogP contribution in [0.4, 0.5) is 17.2 Å². The normalized spacial score (nSPS) is 10.7. The van der Waals surface area contributed by atoms with Crippen molar-refractivity contribution in [2.24, 2.45) is 0 Å². The number of halogens is 2. The molecule has 0 spiro atoms. The van der Waals surface area contributed by atoms with Crippen LogP contribution in [0.5, 0.6) is 0 Å². The van der Waals surface area contributed by atoms with Gasteiger partial charge in [-0.05, 0) is 37.3 Å². The minimum absolute atomic E-state index is 0.0315. The molecule has 1 N–H and O–H groups in total. The number of nitro benzene ring substituents is 1. The lowest BCUT2D eigenvalue weighted by Gasteiger charge is -2.10. The summed E-state index contributed by atoms with van der Waals surface area (Å²) in [5.41, 5.74) is 1.56. The number of nitro groups is 1. The molecule has 23 heavy (non-hydrogen) atoms. The third-order valence-corrected chi connectivity index (χ3v) is 4.46. The first kappa shape index (κ1) is 15.6. The van der Waals surface area contributed by atoms with E-state index in [1.165, 1.54) is 6.33 Å². The maximum Gasteiger partial charge on any atom is 0.299 e. The molecular weight excluding hydrogens is 384 g/mol. The molecule has 0 radical (unpaired) electrons. The fourth-order valence-electron chi connectivity index (χ4n) is 2.24. The van der Waals surface area contributed by atoms with Gasteiger partial charge in [0, 0.05) is 20.7 Å². The fourth-order valence-corrected chi connectivity index (χ4v) is 2.78. The van der Waals surface area contributed by atoms with Crippen LogP contribution in [0.25, 0.3) is 10.9 Å². The molecule has 0 saturated carbocycles. The van der Waals surface area contributed by atoms with Gasteiger partial charge in [-0.2, -0.15) is 0 Å². The van der Waals surface area contributed by atoms with E-state index < -0.39 is 4.92 Å². The molecular formula is C15H10BrClN4O2. The topological polar surface area (TPSA) is 81.0 Å². The number of hydrogen-bond donors (Lipinski definition) is 1. The van der Waals surface area contributed by atoms with Crippen LogP contribution in [0.3, 0.4) is 0 Å². The Labute approximate surface area is 144 Å². The van der Waals surface area contributed by atoms with Gasteiger partial charge in [-0.25, -0.2) is 9.97 Å². The van der Waals surface area contributed by atoms with E-state index in [9.17, 15) is 10.1 Å². The van der Waals surface area contributed by atoms with Crippen LogP contribution in [0, 0.1) is 17.0 Å². The molecule has 0 aliphatic rings. The molecule has 1 aromatic heterocycles. The van der Waals surface area contributed by atoms with E-state index in [0.717, 1.165) is 5.69 Å². The summed E-state index contributed by atoms with van der Waals surface area (Å²) in [4.78, 5) is 19.2. The zero-order valence-electron chi connectivity index (χ0n) is 11.9. The number of nitrogens with zero attached hydrogens (tertiary/aromatic N) is 3. The van der Waals surface area contributed by atoms with Gasteiger partial charge in [0.2, 0.25) is 0 Å². The second kappa shape index (κ2) is 6.10.